The molecule has 0 bridgehead atoms. The van der Waals surface area contributed by atoms with Crippen LogP contribution in [0.1, 0.15) is 51.2 Å². The van der Waals surface area contributed by atoms with Crippen LogP contribution in [-0.4, -0.2) is 54.2 Å². The van der Waals surface area contributed by atoms with Gasteiger partial charge in [0.25, 0.3) is 0 Å². The summed E-state index contributed by atoms with van der Waals surface area (Å²) in [5.74, 6) is -0.806. The molecule has 0 aromatic heterocycles. The van der Waals surface area contributed by atoms with Crippen LogP contribution < -0.4 is 5.32 Å². The van der Waals surface area contributed by atoms with Crippen molar-refractivity contribution in [2.45, 2.75) is 71.1 Å². The van der Waals surface area contributed by atoms with Gasteiger partial charge in [-0.25, -0.2) is 9.59 Å². The Kier molecular flexibility index (Phi) is 7.61. The van der Waals surface area contributed by atoms with Gasteiger partial charge in [0.2, 0.25) is 5.91 Å². The lowest BCUT2D eigenvalue weighted by molar-refractivity contribution is -0.145. The van der Waals surface area contributed by atoms with Crippen molar-refractivity contribution in [2.24, 2.45) is 0 Å². The van der Waals surface area contributed by atoms with E-state index < -0.39 is 29.7 Å². The predicted molar refractivity (Wildman–Crippen MR) is 126 cm³/mol. The van der Waals surface area contributed by atoms with Crippen LogP contribution in [-0.2, 0) is 25.5 Å². The first-order valence-corrected chi connectivity index (χ1v) is 11.4. The highest BCUT2D eigenvalue weighted by atomic mass is 16.6. The highest BCUT2D eigenvalue weighted by Crippen LogP contribution is 2.34. The molecule has 3 rings (SSSR count). The average molecular weight is 455 g/mol. The van der Waals surface area contributed by atoms with Gasteiger partial charge in [-0.15, -0.1) is 0 Å². The van der Waals surface area contributed by atoms with Crippen molar-refractivity contribution in [1.29, 1.82) is 0 Å². The van der Waals surface area contributed by atoms with Gasteiger partial charge in [0.15, 0.2) is 0 Å². The maximum atomic E-state index is 13.1. The quantitative estimate of drug-likeness (QED) is 0.660. The van der Waals surface area contributed by atoms with Crippen LogP contribution in [0.4, 0.5) is 4.79 Å². The maximum Gasteiger partial charge on any atom is 0.411 e. The number of allylic oxidation sites excluding steroid dienone is 1. The molecule has 0 saturated heterocycles. The van der Waals surface area contributed by atoms with Gasteiger partial charge in [0.1, 0.15) is 11.6 Å². The van der Waals surface area contributed by atoms with Crippen LogP contribution in [0, 0.1) is 6.92 Å². The summed E-state index contributed by atoms with van der Waals surface area (Å²) in [5, 5.41) is 2.83. The zero-order chi connectivity index (χ0) is 24.2. The number of rotatable bonds is 6. The smallest absolute Gasteiger partial charge is 0.411 e. The zero-order valence-electron chi connectivity index (χ0n) is 20.1. The fraction of sp³-hybridized carbons (Fsp3) is 0.500. The monoisotopic (exact) mass is 454 g/mol. The van der Waals surface area contributed by atoms with E-state index in [9.17, 15) is 14.4 Å². The number of carbonyl (C=O) groups excluding carboxylic acids is 3. The molecule has 178 valence electrons. The molecule has 1 aliphatic carbocycles. The van der Waals surface area contributed by atoms with E-state index >= 15 is 0 Å². The van der Waals surface area contributed by atoms with Gasteiger partial charge in [-0.2, -0.15) is 0 Å². The topological polar surface area (TPSA) is 84.9 Å². The highest BCUT2D eigenvalue weighted by Gasteiger charge is 2.39. The first-order chi connectivity index (χ1) is 15.6. The Balaban J connectivity index is 1.74. The van der Waals surface area contributed by atoms with E-state index in [0.29, 0.717) is 13.0 Å². The molecule has 33 heavy (non-hydrogen) atoms. The molecular weight excluding hydrogens is 420 g/mol. The van der Waals surface area contributed by atoms with Crippen molar-refractivity contribution >= 4 is 18.0 Å². The van der Waals surface area contributed by atoms with Crippen LogP contribution in [0.5, 0.6) is 0 Å². The van der Waals surface area contributed by atoms with Crippen LogP contribution in [0.2, 0.25) is 0 Å². The minimum absolute atomic E-state index is 0.0628. The van der Waals surface area contributed by atoms with Crippen molar-refractivity contribution in [3.05, 3.63) is 58.7 Å². The number of hydrogen-bond acceptors (Lipinski definition) is 5. The Morgan fingerprint density at radius 3 is 2.52 bits per heavy atom. The Labute approximate surface area is 195 Å². The molecule has 1 aliphatic heterocycles. The number of nitrogens with one attached hydrogen (secondary N) is 1. The number of nitrogens with zero attached hydrogens (tertiary/aromatic N) is 1. The SMILES string of the molecule is COC(=O)[C@@H](Cc1ccc(C)cc1)NC(=O)CC1C2=C(C=CCC2)CN1C(=O)OC(C)(C)C. The zero-order valence-corrected chi connectivity index (χ0v) is 20.1. The first-order valence-electron chi connectivity index (χ1n) is 11.4. The number of hydrogen-bond donors (Lipinski definition) is 1. The molecule has 0 saturated carbocycles. The van der Waals surface area contributed by atoms with E-state index in [1.807, 2.05) is 58.0 Å². The van der Waals surface area contributed by atoms with E-state index in [2.05, 4.69) is 11.4 Å². The second-order valence-electron chi connectivity index (χ2n) is 9.65. The highest BCUT2D eigenvalue weighted by molar-refractivity contribution is 5.86. The first kappa shape index (κ1) is 24.6. The summed E-state index contributed by atoms with van der Waals surface area (Å²) in [7, 11) is 1.31. The molecule has 1 unspecified atom stereocenters. The van der Waals surface area contributed by atoms with Gasteiger partial charge in [-0.05, 0) is 57.2 Å². The fourth-order valence-electron chi connectivity index (χ4n) is 4.22. The van der Waals surface area contributed by atoms with E-state index in [0.717, 1.165) is 35.1 Å². The van der Waals surface area contributed by atoms with E-state index in [1.165, 1.54) is 7.11 Å². The van der Waals surface area contributed by atoms with Crippen LogP contribution in [0.25, 0.3) is 0 Å². The Hall–Kier alpha value is -3.09. The van der Waals surface area contributed by atoms with Crippen LogP contribution in [0.15, 0.2) is 47.6 Å². The van der Waals surface area contributed by atoms with Gasteiger partial charge in [-0.3, -0.25) is 9.69 Å². The standard InChI is InChI=1S/C26H34N2O5/c1-17-10-12-18(13-11-17)14-21(24(30)32-5)27-23(29)15-22-20-9-7-6-8-19(20)16-28(22)25(31)33-26(2,3)4/h6,8,10-13,21-22H,7,9,14-16H2,1-5H3,(H,27,29)/t21-,22?/m1/s1. The van der Waals surface area contributed by atoms with Crippen molar-refractivity contribution < 1.29 is 23.9 Å². The molecule has 1 heterocycles. The predicted octanol–water partition coefficient (Wildman–Crippen LogP) is 3.85. The molecule has 0 spiro atoms. The van der Waals surface area contributed by atoms with Gasteiger partial charge in [-0.1, -0.05) is 42.0 Å². The summed E-state index contributed by atoms with van der Waals surface area (Å²) in [5.41, 5.74) is 3.56. The van der Waals surface area contributed by atoms with Gasteiger partial charge in [0.05, 0.1) is 19.6 Å². The third kappa shape index (κ3) is 6.46. The Morgan fingerprint density at radius 1 is 1.18 bits per heavy atom. The van der Waals surface area contributed by atoms with Crippen molar-refractivity contribution in [3.63, 3.8) is 0 Å². The minimum Gasteiger partial charge on any atom is -0.467 e. The largest absolute Gasteiger partial charge is 0.467 e. The van der Waals surface area contributed by atoms with E-state index in [-0.39, 0.29) is 12.3 Å². The molecule has 2 atom stereocenters. The Bertz CT molecular complexity index is 956. The molecule has 7 nitrogen and oxygen atoms in total. The fourth-order valence-corrected chi connectivity index (χ4v) is 4.22. The average Bonchev–Trinajstić information content (AvgIpc) is 3.11. The van der Waals surface area contributed by atoms with E-state index in [1.54, 1.807) is 4.90 Å². The second kappa shape index (κ2) is 10.2. The molecular formula is C26H34N2O5. The summed E-state index contributed by atoms with van der Waals surface area (Å²) in [6.07, 6.45) is 5.74. The lowest BCUT2D eigenvalue weighted by Gasteiger charge is -2.30. The third-order valence-electron chi connectivity index (χ3n) is 5.82. The molecule has 7 heteroatoms. The number of aryl methyl sites for hydroxylation is 1. The number of methoxy groups -OCH3 is 1. The van der Waals surface area contributed by atoms with Crippen molar-refractivity contribution in [3.8, 4) is 0 Å². The molecule has 2 amide bonds. The maximum absolute atomic E-state index is 13.1. The molecule has 1 N–H and O–H groups in total. The van der Waals surface area contributed by atoms with Gasteiger partial charge in [0, 0.05) is 13.0 Å². The van der Waals surface area contributed by atoms with Gasteiger partial charge >= 0.3 is 12.1 Å². The number of amides is 2. The van der Waals surface area contributed by atoms with Crippen molar-refractivity contribution in [1.82, 2.24) is 10.2 Å². The molecule has 2 aliphatic rings. The van der Waals surface area contributed by atoms with Gasteiger partial charge < -0.3 is 14.8 Å². The summed E-state index contributed by atoms with van der Waals surface area (Å²) < 4.78 is 10.5. The molecule has 1 aromatic rings. The summed E-state index contributed by atoms with van der Waals surface area (Å²) in [4.78, 5) is 39.9. The third-order valence-corrected chi connectivity index (χ3v) is 5.82. The number of ether oxygens (including phenoxy) is 2. The lowest BCUT2D eigenvalue weighted by Crippen LogP contribution is -2.47. The summed E-state index contributed by atoms with van der Waals surface area (Å²) in [6.45, 7) is 7.87. The normalized spacial score (nSPS) is 18.6. The van der Waals surface area contributed by atoms with Crippen LogP contribution >= 0.6 is 0 Å². The number of benzene rings is 1. The van der Waals surface area contributed by atoms with Crippen LogP contribution in [0.3, 0.4) is 0 Å². The van der Waals surface area contributed by atoms with Crippen molar-refractivity contribution in [2.75, 3.05) is 13.7 Å². The lowest BCUT2D eigenvalue weighted by atomic mass is 9.93. The molecule has 0 radical (unpaired) electrons. The van der Waals surface area contributed by atoms with E-state index in [4.69, 9.17) is 9.47 Å². The number of esters is 1. The molecule has 1 aromatic carbocycles. The molecule has 0 fully saturated rings. The Morgan fingerprint density at radius 2 is 1.88 bits per heavy atom. The summed E-state index contributed by atoms with van der Waals surface area (Å²) >= 11 is 0. The number of carbonyl (C=O) groups is 3. The second-order valence-corrected chi connectivity index (χ2v) is 9.65. The summed E-state index contributed by atoms with van der Waals surface area (Å²) in [6, 6.07) is 6.60. The minimum atomic E-state index is -0.804.